The number of amides is 1. The van der Waals surface area contributed by atoms with Gasteiger partial charge in [0.15, 0.2) is 5.69 Å². The predicted molar refractivity (Wildman–Crippen MR) is 77.2 cm³/mol. The predicted octanol–water partition coefficient (Wildman–Crippen LogP) is 1.81. The highest BCUT2D eigenvalue weighted by atomic mass is 79.9. The lowest BCUT2D eigenvalue weighted by atomic mass is 10.1. The number of aromatic amines is 1. The highest BCUT2D eigenvalue weighted by molar-refractivity contribution is 9.10. The Morgan fingerprint density at radius 2 is 2.37 bits per heavy atom. The molecule has 2 heterocycles. The zero-order chi connectivity index (χ0) is 13.2. The first kappa shape index (κ1) is 12.6. The fourth-order valence-corrected chi connectivity index (χ4v) is 2.75. The summed E-state index contributed by atoms with van der Waals surface area (Å²) in [4.78, 5) is 12.3. The van der Waals surface area contributed by atoms with E-state index in [1.807, 2.05) is 18.2 Å². The van der Waals surface area contributed by atoms with Gasteiger partial charge < -0.3 is 10.6 Å². The summed E-state index contributed by atoms with van der Waals surface area (Å²) in [5.41, 5.74) is 1.33. The average Bonchev–Trinajstić information content (AvgIpc) is 2.82. The Morgan fingerprint density at radius 1 is 1.47 bits per heavy atom. The summed E-state index contributed by atoms with van der Waals surface area (Å²) < 4.78 is 0.940. The number of halogens is 1. The van der Waals surface area contributed by atoms with E-state index in [0.29, 0.717) is 5.69 Å². The van der Waals surface area contributed by atoms with Crippen molar-refractivity contribution in [1.29, 1.82) is 0 Å². The zero-order valence-corrected chi connectivity index (χ0v) is 12.0. The minimum Gasteiger partial charge on any atom is -0.347 e. The molecule has 1 aliphatic heterocycles. The smallest absolute Gasteiger partial charge is 0.272 e. The summed E-state index contributed by atoms with van der Waals surface area (Å²) in [6.07, 6.45) is 2.11. The molecule has 100 valence electrons. The maximum Gasteiger partial charge on any atom is 0.272 e. The van der Waals surface area contributed by atoms with Crippen molar-refractivity contribution in [3.8, 4) is 0 Å². The molecule has 0 saturated carbocycles. The molecular formula is C13H15BrN4O. The third-order valence-electron chi connectivity index (χ3n) is 3.37. The van der Waals surface area contributed by atoms with Gasteiger partial charge in [-0.3, -0.25) is 9.89 Å². The minimum absolute atomic E-state index is 0.113. The minimum atomic E-state index is -0.113. The maximum absolute atomic E-state index is 12.3. The highest BCUT2D eigenvalue weighted by Gasteiger charge is 2.19. The van der Waals surface area contributed by atoms with Gasteiger partial charge in [-0.1, -0.05) is 15.9 Å². The second-order valence-corrected chi connectivity index (χ2v) is 5.69. The van der Waals surface area contributed by atoms with Crippen LogP contribution in [0.4, 0.5) is 0 Å². The topological polar surface area (TPSA) is 69.8 Å². The third kappa shape index (κ3) is 2.64. The number of nitrogens with zero attached hydrogens (tertiary/aromatic N) is 1. The van der Waals surface area contributed by atoms with Crippen molar-refractivity contribution in [2.75, 3.05) is 13.1 Å². The van der Waals surface area contributed by atoms with Crippen LogP contribution < -0.4 is 10.6 Å². The van der Waals surface area contributed by atoms with Crippen LogP contribution >= 0.6 is 15.9 Å². The Morgan fingerprint density at radius 3 is 3.16 bits per heavy atom. The van der Waals surface area contributed by atoms with Crippen LogP contribution in [0.5, 0.6) is 0 Å². The van der Waals surface area contributed by atoms with Crippen molar-refractivity contribution in [3.05, 3.63) is 28.4 Å². The number of benzene rings is 1. The van der Waals surface area contributed by atoms with E-state index in [9.17, 15) is 4.79 Å². The first-order valence-corrected chi connectivity index (χ1v) is 7.18. The number of carbonyl (C=O) groups excluding carboxylic acids is 1. The van der Waals surface area contributed by atoms with Crippen molar-refractivity contribution in [2.24, 2.45) is 0 Å². The van der Waals surface area contributed by atoms with Crippen LogP contribution in [-0.2, 0) is 0 Å². The van der Waals surface area contributed by atoms with Crippen LogP contribution in [-0.4, -0.2) is 35.2 Å². The zero-order valence-electron chi connectivity index (χ0n) is 10.4. The summed E-state index contributed by atoms with van der Waals surface area (Å²) in [6, 6.07) is 5.94. The molecule has 3 rings (SSSR count). The fraction of sp³-hybridized carbons (Fsp3) is 0.385. The summed E-state index contributed by atoms with van der Waals surface area (Å²) in [7, 11) is 0. The number of hydrogen-bond acceptors (Lipinski definition) is 3. The number of carbonyl (C=O) groups is 1. The van der Waals surface area contributed by atoms with Gasteiger partial charge in [-0.25, -0.2) is 0 Å². The molecule has 3 N–H and O–H groups in total. The Labute approximate surface area is 119 Å². The largest absolute Gasteiger partial charge is 0.347 e. The van der Waals surface area contributed by atoms with Crippen LogP contribution in [0.1, 0.15) is 23.3 Å². The van der Waals surface area contributed by atoms with Gasteiger partial charge in [0.25, 0.3) is 5.91 Å². The number of piperidine rings is 1. The van der Waals surface area contributed by atoms with E-state index in [1.165, 1.54) is 0 Å². The molecule has 0 spiro atoms. The van der Waals surface area contributed by atoms with E-state index in [2.05, 4.69) is 36.8 Å². The van der Waals surface area contributed by atoms with Gasteiger partial charge in [0.1, 0.15) is 0 Å². The van der Waals surface area contributed by atoms with Crippen LogP contribution in [0.3, 0.4) is 0 Å². The van der Waals surface area contributed by atoms with E-state index in [1.54, 1.807) is 0 Å². The van der Waals surface area contributed by atoms with Crippen molar-refractivity contribution >= 4 is 32.7 Å². The first-order valence-electron chi connectivity index (χ1n) is 6.39. The lowest BCUT2D eigenvalue weighted by Crippen LogP contribution is -2.45. The molecule has 1 saturated heterocycles. The van der Waals surface area contributed by atoms with Gasteiger partial charge in [0.2, 0.25) is 0 Å². The molecule has 1 aliphatic rings. The third-order valence-corrected chi connectivity index (χ3v) is 3.87. The number of hydrogen-bond donors (Lipinski definition) is 3. The normalized spacial score (nSPS) is 19.5. The molecule has 0 bridgehead atoms. The highest BCUT2D eigenvalue weighted by Crippen LogP contribution is 2.21. The van der Waals surface area contributed by atoms with Crippen molar-refractivity contribution in [2.45, 2.75) is 18.9 Å². The molecular weight excluding hydrogens is 308 g/mol. The summed E-state index contributed by atoms with van der Waals surface area (Å²) in [5, 5.41) is 14.2. The summed E-state index contributed by atoms with van der Waals surface area (Å²) >= 11 is 3.42. The molecule has 6 heteroatoms. The van der Waals surface area contributed by atoms with E-state index in [-0.39, 0.29) is 11.9 Å². The van der Waals surface area contributed by atoms with Crippen LogP contribution in [0, 0.1) is 0 Å². The Kier molecular flexibility index (Phi) is 3.52. The van der Waals surface area contributed by atoms with E-state index >= 15 is 0 Å². The molecule has 5 nitrogen and oxygen atoms in total. The summed E-state index contributed by atoms with van der Waals surface area (Å²) in [5.74, 6) is -0.113. The molecule has 2 aromatic rings. The van der Waals surface area contributed by atoms with Crippen molar-refractivity contribution in [3.63, 3.8) is 0 Å². The van der Waals surface area contributed by atoms with Gasteiger partial charge >= 0.3 is 0 Å². The Bertz CT molecular complexity index is 604. The fourth-order valence-electron chi connectivity index (χ4n) is 2.39. The second-order valence-electron chi connectivity index (χ2n) is 4.78. The first-order chi connectivity index (χ1) is 9.24. The van der Waals surface area contributed by atoms with E-state index in [0.717, 1.165) is 41.3 Å². The van der Waals surface area contributed by atoms with Gasteiger partial charge in [0, 0.05) is 22.4 Å². The van der Waals surface area contributed by atoms with Crippen LogP contribution in [0.25, 0.3) is 10.9 Å². The standard InChI is InChI=1S/C13H15BrN4O/c14-8-3-4-11-10(6-8)12(18-17-11)13(19)16-9-2-1-5-15-7-9/h3-4,6,9,15H,1-2,5,7H2,(H,16,19)(H,17,18). The molecule has 1 fully saturated rings. The van der Waals surface area contributed by atoms with Crippen molar-refractivity contribution < 1.29 is 4.79 Å². The molecule has 1 atom stereocenters. The van der Waals surface area contributed by atoms with Crippen molar-refractivity contribution in [1.82, 2.24) is 20.8 Å². The van der Waals surface area contributed by atoms with Crippen LogP contribution in [0.15, 0.2) is 22.7 Å². The SMILES string of the molecule is O=C(NC1CCCNC1)c1n[nH]c2ccc(Br)cc12. The molecule has 0 radical (unpaired) electrons. The number of nitrogens with one attached hydrogen (secondary N) is 3. The molecule has 19 heavy (non-hydrogen) atoms. The van der Waals surface area contributed by atoms with E-state index in [4.69, 9.17) is 0 Å². The lowest BCUT2D eigenvalue weighted by molar-refractivity contribution is 0.0927. The summed E-state index contributed by atoms with van der Waals surface area (Å²) in [6.45, 7) is 1.86. The Balaban J connectivity index is 1.82. The number of fused-ring (bicyclic) bond motifs is 1. The Hall–Kier alpha value is -1.40. The van der Waals surface area contributed by atoms with E-state index < -0.39 is 0 Å². The maximum atomic E-state index is 12.3. The molecule has 1 unspecified atom stereocenters. The van der Waals surface area contributed by atoms with Gasteiger partial charge in [-0.15, -0.1) is 0 Å². The van der Waals surface area contributed by atoms with Gasteiger partial charge in [-0.05, 0) is 37.6 Å². The number of H-pyrrole nitrogens is 1. The average molecular weight is 323 g/mol. The lowest BCUT2D eigenvalue weighted by Gasteiger charge is -2.23. The monoisotopic (exact) mass is 322 g/mol. The number of rotatable bonds is 2. The quantitative estimate of drug-likeness (QED) is 0.789. The molecule has 1 aromatic heterocycles. The van der Waals surface area contributed by atoms with Crippen LogP contribution in [0.2, 0.25) is 0 Å². The second kappa shape index (κ2) is 5.30. The van der Waals surface area contributed by atoms with Gasteiger partial charge in [0.05, 0.1) is 5.52 Å². The number of aromatic nitrogens is 2. The molecule has 0 aliphatic carbocycles. The molecule has 1 amide bonds. The van der Waals surface area contributed by atoms with Gasteiger partial charge in [-0.2, -0.15) is 5.10 Å². The molecule has 1 aromatic carbocycles.